The standard InChI is InChI=1S/C18H17N3O3/c1-13-7-9-14(10-8-13)17-21-20-16(24-17)11-12-19-18(22)23-15-5-3-2-4-6-15/h2-10H,11-12H2,1H3,(H,19,22). The molecule has 0 saturated heterocycles. The van der Waals surface area contributed by atoms with Crippen molar-refractivity contribution < 1.29 is 13.9 Å². The van der Waals surface area contributed by atoms with Crippen LogP contribution in [0.5, 0.6) is 5.75 Å². The highest BCUT2D eigenvalue weighted by Crippen LogP contribution is 2.18. The predicted octanol–water partition coefficient (Wildman–Crippen LogP) is 3.38. The van der Waals surface area contributed by atoms with Crippen molar-refractivity contribution in [3.05, 3.63) is 66.1 Å². The topological polar surface area (TPSA) is 77.2 Å². The molecule has 0 aliphatic rings. The SMILES string of the molecule is Cc1ccc(-c2nnc(CCNC(=O)Oc3ccccc3)o2)cc1. The maximum Gasteiger partial charge on any atom is 0.412 e. The Kier molecular flexibility index (Phi) is 4.86. The monoisotopic (exact) mass is 323 g/mol. The van der Waals surface area contributed by atoms with Crippen molar-refractivity contribution in [3.63, 3.8) is 0 Å². The van der Waals surface area contributed by atoms with Crippen molar-refractivity contribution in [2.24, 2.45) is 0 Å². The van der Waals surface area contributed by atoms with Gasteiger partial charge in [0.25, 0.3) is 0 Å². The molecule has 122 valence electrons. The highest BCUT2D eigenvalue weighted by atomic mass is 16.6. The largest absolute Gasteiger partial charge is 0.421 e. The highest BCUT2D eigenvalue weighted by molar-refractivity contribution is 5.70. The number of aryl methyl sites for hydroxylation is 1. The van der Waals surface area contributed by atoms with E-state index >= 15 is 0 Å². The van der Waals surface area contributed by atoms with Gasteiger partial charge in [-0.1, -0.05) is 35.9 Å². The average molecular weight is 323 g/mol. The van der Waals surface area contributed by atoms with Gasteiger partial charge in [0.05, 0.1) is 0 Å². The predicted molar refractivity (Wildman–Crippen MR) is 88.6 cm³/mol. The Hall–Kier alpha value is -3.15. The fourth-order valence-electron chi connectivity index (χ4n) is 2.07. The normalized spacial score (nSPS) is 10.4. The van der Waals surface area contributed by atoms with Crippen LogP contribution >= 0.6 is 0 Å². The zero-order valence-electron chi connectivity index (χ0n) is 13.2. The van der Waals surface area contributed by atoms with Crippen LogP contribution in [0.2, 0.25) is 0 Å². The quantitative estimate of drug-likeness (QED) is 0.779. The molecule has 0 saturated carbocycles. The summed E-state index contributed by atoms with van der Waals surface area (Å²) >= 11 is 0. The van der Waals surface area contributed by atoms with E-state index in [4.69, 9.17) is 9.15 Å². The lowest BCUT2D eigenvalue weighted by Crippen LogP contribution is -2.28. The summed E-state index contributed by atoms with van der Waals surface area (Å²) in [5.74, 6) is 1.43. The Labute approximate surface area is 139 Å². The molecule has 1 N–H and O–H groups in total. The minimum atomic E-state index is -0.514. The van der Waals surface area contributed by atoms with Gasteiger partial charge < -0.3 is 14.5 Å². The number of rotatable bonds is 5. The first-order valence-corrected chi connectivity index (χ1v) is 7.61. The number of carbonyl (C=O) groups excluding carboxylic acids is 1. The molecule has 0 aliphatic heterocycles. The second-order valence-electron chi connectivity index (χ2n) is 5.25. The first-order valence-electron chi connectivity index (χ1n) is 7.61. The third-order valence-electron chi connectivity index (χ3n) is 3.33. The number of benzene rings is 2. The summed E-state index contributed by atoms with van der Waals surface area (Å²) < 4.78 is 10.7. The molecule has 1 amide bonds. The van der Waals surface area contributed by atoms with E-state index in [1.165, 1.54) is 5.56 Å². The Morgan fingerprint density at radius 2 is 1.83 bits per heavy atom. The summed E-state index contributed by atoms with van der Waals surface area (Å²) in [7, 11) is 0. The molecule has 2 aromatic carbocycles. The highest BCUT2D eigenvalue weighted by Gasteiger charge is 2.09. The van der Waals surface area contributed by atoms with E-state index in [0.717, 1.165) is 5.56 Å². The van der Waals surface area contributed by atoms with Gasteiger partial charge in [0, 0.05) is 18.5 Å². The van der Waals surface area contributed by atoms with Crippen LogP contribution in [0.3, 0.4) is 0 Å². The summed E-state index contributed by atoms with van der Waals surface area (Å²) in [6.07, 6.45) is -0.0811. The van der Waals surface area contributed by atoms with E-state index in [9.17, 15) is 4.79 Å². The fraction of sp³-hybridized carbons (Fsp3) is 0.167. The molecule has 0 fully saturated rings. The Balaban J connectivity index is 1.49. The van der Waals surface area contributed by atoms with Crippen LogP contribution in [0.25, 0.3) is 11.5 Å². The number of ether oxygens (including phenoxy) is 1. The van der Waals surface area contributed by atoms with Crippen LogP contribution in [-0.4, -0.2) is 22.8 Å². The van der Waals surface area contributed by atoms with Gasteiger partial charge >= 0.3 is 6.09 Å². The molecule has 0 aliphatic carbocycles. The molecule has 6 heteroatoms. The van der Waals surface area contributed by atoms with Gasteiger partial charge in [-0.15, -0.1) is 10.2 Å². The van der Waals surface area contributed by atoms with Crippen LogP contribution < -0.4 is 10.1 Å². The van der Waals surface area contributed by atoms with Crippen LogP contribution in [-0.2, 0) is 6.42 Å². The van der Waals surface area contributed by atoms with Gasteiger partial charge in [0.2, 0.25) is 11.8 Å². The van der Waals surface area contributed by atoms with E-state index in [1.807, 2.05) is 37.3 Å². The summed E-state index contributed by atoms with van der Waals surface area (Å²) in [6, 6.07) is 16.7. The van der Waals surface area contributed by atoms with E-state index < -0.39 is 6.09 Å². The van der Waals surface area contributed by atoms with E-state index in [0.29, 0.717) is 30.5 Å². The molecule has 1 heterocycles. The molecule has 0 radical (unpaired) electrons. The average Bonchev–Trinajstić information content (AvgIpc) is 3.05. The third kappa shape index (κ3) is 4.19. The smallest absolute Gasteiger partial charge is 0.412 e. The van der Waals surface area contributed by atoms with Gasteiger partial charge in [-0.2, -0.15) is 0 Å². The Bertz CT molecular complexity index is 798. The number of para-hydroxylation sites is 1. The molecular weight excluding hydrogens is 306 g/mol. The van der Waals surface area contributed by atoms with E-state index in [-0.39, 0.29) is 0 Å². The van der Waals surface area contributed by atoms with Gasteiger partial charge in [0.15, 0.2) is 0 Å². The van der Waals surface area contributed by atoms with Crippen molar-refractivity contribution in [3.8, 4) is 17.2 Å². The number of aromatic nitrogens is 2. The molecular formula is C18H17N3O3. The molecule has 24 heavy (non-hydrogen) atoms. The van der Waals surface area contributed by atoms with Gasteiger partial charge in [-0.25, -0.2) is 4.79 Å². The summed E-state index contributed by atoms with van der Waals surface area (Å²) in [4.78, 5) is 11.7. The first-order chi connectivity index (χ1) is 11.7. The molecule has 0 bridgehead atoms. The van der Waals surface area contributed by atoms with Gasteiger partial charge in [-0.3, -0.25) is 0 Å². The minimum Gasteiger partial charge on any atom is -0.421 e. The second kappa shape index (κ2) is 7.41. The maximum absolute atomic E-state index is 11.7. The van der Waals surface area contributed by atoms with Gasteiger partial charge in [-0.05, 0) is 31.2 Å². The Morgan fingerprint density at radius 3 is 2.58 bits per heavy atom. The van der Waals surface area contributed by atoms with Crippen LogP contribution in [0.1, 0.15) is 11.5 Å². The lowest BCUT2D eigenvalue weighted by Gasteiger charge is -2.04. The maximum atomic E-state index is 11.7. The molecule has 6 nitrogen and oxygen atoms in total. The molecule has 0 unspecified atom stereocenters. The van der Waals surface area contributed by atoms with Crippen molar-refractivity contribution in [1.82, 2.24) is 15.5 Å². The fourth-order valence-corrected chi connectivity index (χ4v) is 2.07. The molecule has 3 rings (SSSR count). The summed E-state index contributed by atoms with van der Waals surface area (Å²) in [5, 5.41) is 10.7. The minimum absolute atomic E-state index is 0.348. The number of nitrogens with one attached hydrogen (secondary N) is 1. The number of hydrogen-bond donors (Lipinski definition) is 1. The molecule has 0 spiro atoms. The van der Waals surface area contributed by atoms with Crippen molar-refractivity contribution in [2.75, 3.05) is 6.54 Å². The summed E-state index contributed by atoms with van der Waals surface area (Å²) in [5.41, 5.74) is 2.04. The van der Waals surface area contributed by atoms with Gasteiger partial charge in [0.1, 0.15) is 5.75 Å². The zero-order valence-corrected chi connectivity index (χ0v) is 13.2. The second-order valence-corrected chi connectivity index (χ2v) is 5.25. The zero-order chi connectivity index (χ0) is 16.8. The lowest BCUT2D eigenvalue weighted by atomic mass is 10.1. The van der Waals surface area contributed by atoms with Crippen LogP contribution in [0.15, 0.2) is 59.0 Å². The van der Waals surface area contributed by atoms with Crippen molar-refractivity contribution in [1.29, 1.82) is 0 Å². The van der Waals surface area contributed by atoms with Crippen molar-refractivity contribution >= 4 is 6.09 Å². The first kappa shape index (κ1) is 15.7. The van der Waals surface area contributed by atoms with Crippen LogP contribution in [0, 0.1) is 6.92 Å². The number of hydrogen-bond acceptors (Lipinski definition) is 5. The lowest BCUT2D eigenvalue weighted by molar-refractivity contribution is 0.200. The molecule has 1 aromatic heterocycles. The Morgan fingerprint density at radius 1 is 1.08 bits per heavy atom. The van der Waals surface area contributed by atoms with Crippen LogP contribution in [0.4, 0.5) is 4.79 Å². The van der Waals surface area contributed by atoms with E-state index in [2.05, 4.69) is 15.5 Å². The number of carbonyl (C=O) groups is 1. The number of nitrogens with zero attached hydrogens (tertiary/aromatic N) is 2. The third-order valence-corrected chi connectivity index (χ3v) is 3.33. The molecule has 3 aromatic rings. The molecule has 0 atom stereocenters. The number of amides is 1. The van der Waals surface area contributed by atoms with Crippen molar-refractivity contribution in [2.45, 2.75) is 13.3 Å². The van der Waals surface area contributed by atoms with E-state index in [1.54, 1.807) is 24.3 Å². The summed E-state index contributed by atoms with van der Waals surface area (Å²) in [6.45, 7) is 2.37.